The first kappa shape index (κ1) is 20.0. The molecule has 144 valence electrons. The monoisotopic (exact) mass is 381 g/mol. The van der Waals surface area contributed by atoms with Gasteiger partial charge in [0.15, 0.2) is 0 Å². The predicted octanol–water partition coefficient (Wildman–Crippen LogP) is 5.96. The van der Waals surface area contributed by atoms with Crippen molar-refractivity contribution in [2.75, 3.05) is 33.0 Å². The van der Waals surface area contributed by atoms with E-state index in [1.807, 2.05) is 11.8 Å². The summed E-state index contributed by atoms with van der Waals surface area (Å²) in [6, 6.07) is 15.3. The van der Waals surface area contributed by atoms with Crippen LogP contribution in [0, 0.1) is 0 Å². The van der Waals surface area contributed by atoms with Crippen LogP contribution in [0.1, 0.15) is 43.9 Å². The van der Waals surface area contributed by atoms with Gasteiger partial charge in [-0.25, -0.2) is 0 Å². The van der Waals surface area contributed by atoms with Crippen LogP contribution < -0.4 is 4.74 Å². The zero-order chi connectivity index (χ0) is 19.4. The molecule has 1 aliphatic heterocycles. The third kappa shape index (κ3) is 5.18. The number of nitrogens with zero attached hydrogens (tertiary/aromatic N) is 1. The molecule has 1 aliphatic rings. The van der Waals surface area contributed by atoms with E-state index in [0.29, 0.717) is 6.61 Å². The van der Waals surface area contributed by atoms with Crippen LogP contribution in [0.15, 0.2) is 47.4 Å². The summed E-state index contributed by atoms with van der Waals surface area (Å²) in [5.74, 6) is 2.15. The first-order valence-corrected chi connectivity index (χ1v) is 10.7. The number of likely N-dealkylation sites (N-methyl/N-ethyl adjacent to an activating group) is 1. The third-order valence-electron chi connectivity index (χ3n) is 5.22. The Labute approximate surface area is 168 Å². The Morgan fingerprint density at radius 1 is 1.15 bits per heavy atom. The highest BCUT2D eigenvalue weighted by molar-refractivity contribution is 7.99. The molecule has 0 aliphatic carbocycles. The van der Waals surface area contributed by atoms with E-state index in [0.717, 1.165) is 12.3 Å². The second-order valence-electron chi connectivity index (χ2n) is 8.24. The van der Waals surface area contributed by atoms with Crippen molar-refractivity contribution in [1.29, 1.82) is 0 Å². The standard InChI is InChI=1S/C24H31NOS/c1-18(16-19-6-9-21(10-7-19)26-14-13-25(4)5)20-8-11-23-22(17-20)24(2,3)12-15-27-23/h6-11,16-17H,12-15H2,1-5H3. The number of hydrogen-bond acceptors (Lipinski definition) is 3. The van der Waals surface area contributed by atoms with Gasteiger partial charge in [-0.15, -0.1) is 11.8 Å². The smallest absolute Gasteiger partial charge is 0.119 e. The van der Waals surface area contributed by atoms with Crippen molar-refractivity contribution < 1.29 is 4.74 Å². The van der Waals surface area contributed by atoms with Gasteiger partial charge in [0.2, 0.25) is 0 Å². The summed E-state index contributed by atoms with van der Waals surface area (Å²) >= 11 is 1.99. The molecule has 0 atom stereocenters. The minimum absolute atomic E-state index is 0.266. The van der Waals surface area contributed by atoms with Crippen molar-refractivity contribution in [1.82, 2.24) is 4.90 Å². The minimum Gasteiger partial charge on any atom is -0.492 e. The summed E-state index contributed by atoms with van der Waals surface area (Å²) in [4.78, 5) is 3.57. The largest absolute Gasteiger partial charge is 0.492 e. The zero-order valence-electron chi connectivity index (χ0n) is 17.2. The van der Waals surface area contributed by atoms with Gasteiger partial charge in [0.1, 0.15) is 12.4 Å². The average molecular weight is 382 g/mol. The first-order chi connectivity index (χ1) is 12.8. The Hall–Kier alpha value is -1.71. The van der Waals surface area contributed by atoms with E-state index in [2.05, 4.69) is 88.3 Å². The molecule has 0 bridgehead atoms. The molecule has 2 aromatic rings. The van der Waals surface area contributed by atoms with E-state index in [4.69, 9.17) is 4.74 Å². The van der Waals surface area contributed by atoms with Gasteiger partial charge >= 0.3 is 0 Å². The maximum atomic E-state index is 5.78. The van der Waals surface area contributed by atoms with Gasteiger partial charge in [0.05, 0.1) is 0 Å². The van der Waals surface area contributed by atoms with Crippen molar-refractivity contribution in [2.24, 2.45) is 0 Å². The molecular formula is C24H31NOS. The molecular weight excluding hydrogens is 350 g/mol. The lowest BCUT2D eigenvalue weighted by Crippen LogP contribution is -2.22. The van der Waals surface area contributed by atoms with E-state index >= 15 is 0 Å². The molecule has 0 saturated carbocycles. The highest BCUT2D eigenvalue weighted by atomic mass is 32.2. The van der Waals surface area contributed by atoms with E-state index in [1.165, 1.54) is 39.3 Å². The Morgan fingerprint density at radius 3 is 2.59 bits per heavy atom. The molecule has 0 saturated heterocycles. The maximum Gasteiger partial charge on any atom is 0.119 e. The topological polar surface area (TPSA) is 12.5 Å². The van der Waals surface area contributed by atoms with Crippen molar-refractivity contribution in [3.8, 4) is 5.75 Å². The number of hydrogen-bond donors (Lipinski definition) is 0. The summed E-state index contributed by atoms with van der Waals surface area (Å²) in [7, 11) is 4.11. The highest BCUT2D eigenvalue weighted by Crippen LogP contribution is 2.42. The van der Waals surface area contributed by atoms with Crippen molar-refractivity contribution in [2.45, 2.75) is 37.5 Å². The summed E-state index contributed by atoms with van der Waals surface area (Å²) in [5, 5.41) is 0. The molecule has 0 spiro atoms. The van der Waals surface area contributed by atoms with Crippen LogP contribution in [-0.4, -0.2) is 37.9 Å². The maximum absolute atomic E-state index is 5.78. The molecule has 0 aromatic heterocycles. The molecule has 0 radical (unpaired) electrons. The van der Waals surface area contributed by atoms with Crippen LogP contribution in [0.2, 0.25) is 0 Å². The van der Waals surface area contributed by atoms with Crippen molar-refractivity contribution in [3.05, 3.63) is 59.2 Å². The van der Waals surface area contributed by atoms with Crippen LogP contribution in [0.4, 0.5) is 0 Å². The molecule has 2 nitrogen and oxygen atoms in total. The summed E-state index contributed by atoms with van der Waals surface area (Å²) in [6.07, 6.45) is 3.50. The van der Waals surface area contributed by atoms with E-state index in [-0.39, 0.29) is 5.41 Å². The van der Waals surface area contributed by atoms with Gasteiger partial charge in [-0.3, -0.25) is 0 Å². The van der Waals surface area contributed by atoms with Gasteiger partial charge < -0.3 is 9.64 Å². The zero-order valence-corrected chi connectivity index (χ0v) is 18.0. The first-order valence-electron chi connectivity index (χ1n) is 9.69. The minimum atomic E-state index is 0.266. The second kappa shape index (κ2) is 8.53. The Balaban J connectivity index is 1.74. The van der Waals surface area contributed by atoms with E-state index in [1.54, 1.807) is 0 Å². The lowest BCUT2D eigenvalue weighted by molar-refractivity contribution is 0.261. The molecule has 2 aromatic carbocycles. The fourth-order valence-electron chi connectivity index (χ4n) is 3.32. The highest BCUT2D eigenvalue weighted by Gasteiger charge is 2.27. The second-order valence-corrected chi connectivity index (χ2v) is 9.38. The number of rotatable bonds is 6. The lowest BCUT2D eigenvalue weighted by Gasteiger charge is -2.32. The molecule has 3 heteroatoms. The summed E-state index contributed by atoms with van der Waals surface area (Å²) in [6.45, 7) is 8.57. The molecule has 0 amide bonds. The van der Waals surface area contributed by atoms with E-state index < -0.39 is 0 Å². The van der Waals surface area contributed by atoms with Gasteiger partial charge in [0.25, 0.3) is 0 Å². The number of ether oxygens (including phenoxy) is 1. The molecule has 27 heavy (non-hydrogen) atoms. The van der Waals surface area contributed by atoms with Crippen LogP contribution in [0.3, 0.4) is 0 Å². The van der Waals surface area contributed by atoms with Gasteiger partial charge in [0, 0.05) is 11.4 Å². The molecule has 0 fully saturated rings. The van der Waals surface area contributed by atoms with Crippen molar-refractivity contribution >= 4 is 23.4 Å². The number of benzene rings is 2. The van der Waals surface area contributed by atoms with E-state index in [9.17, 15) is 0 Å². The molecule has 3 rings (SSSR count). The fraction of sp³-hybridized carbons (Fsp3) is 0.417. The van der Waals surface area contributed by atoms with Crippen molar-refractivity contribution in [3.63, 3.8) is 0 Å². The number of fused-ring (bicyclic) bond motifs is 1. The van der Waals surface area contributed by atoms with Crippen LogP contribution in [0.25, 0.3) is 11.6 Å². The third-order valence-corrected chi connectivity index (χ3v) is 6.29. The Kier molecular flexibility index (Phi) is 6.33. The average Bonchev–Trinajstić information content (AvgIpc) is 2.62. The van der Waals surface area contributed by atoms with Gasteiger partial charge in [-0.1, -0.05) is 38.1 Å². The van der Waals surface area contributed by atoms with Crippen LogP contribution in [0.5, 0.6) is 5.75 Å². The quantitative estimate of drug-likeness (QED) is 0.573. The molecule has 0 unspecified atom stereocenters. The fourth-order valence-corrected chi connectivity index (χ4v) is 4.81. The lowest BCUT2D eigenvalue weighted by atomic mass is 9.80. The summed E-state index contributed by atoms with van der Waals surface area (Å²) < 4.78 is 5.78. The van der Waals surface area contributed by atoms with Gasteiger partial charge in [-0.05, 0) is 85.1 Å². The SMILES string of the molecule is CC(=Cc1ccc(OCCN(C)C)cc1)c1ccc2c(c1)C(C)(C)CCS2. The summed E-state index contributed by atoms with van der Waals surface area (Å²) in [5.41, 5.74) is 5.58. The Bertz CT molecular complexity index is 806. The van der Waals surface area contributed by atoms with Crippen LogP contribution >= 0.6 is 11.8 Å². The Morgan fingerprint density at radius 2 is 1.89 bits per heavy atom. The van der Waals surface area contributed by atoms with Crippen LogP contribution in [-0.2, 0) is 5.41 Å². The predicted molar refractivity (Wildman–Crippen MR) is 119 cm³/mol. The van der Waals surface area contributed by atoms with Gasteiger partial charge in [-0.2, -0.15) is 0 Å². The molecule has 0 N–H and O–H groups in total. The normalized spacial score (nSPS) is 16.3. The number of thioether (sulfide) groups is 1. The molecule has 1 heterocycles. The number of allylic oxidation sites excluding steroid dienone is 1.